The molecular weight excluding hydrogens is 312 g/mol. The van der Waals surface area contributed by atoms with Crippen molar-refractivity contribution in [1.29, 1.82) is 0 Å². The normalized spacial score (nSPS) is 10.4. The van der Waals surface area contributed by atoms with Gasteiger partial charge in [-0.25, -0.2) is 0 Å². The molecule has 0 bridgehead atoms. The van der Waals surface area contributed by atoms with E-state index in [0.717, 1.165) is 22.0 Å². The maximum Gasteiger partial charge on any atom is 0.226 e. The Balaban J connectivity index is 1.45. The smallest absolute Gasteiger partial charge is 0.226 e. The zero-order valence-corrected chi connectivity index (χ0v) is 13.9. The maximum atomic E-state index is 12.0. The molecule has 0 atom stereocenters. The Morgan fingerprint density at radius 1 is 0.760 bits per heavy atom. The van der Waals surface area contributed by atoms with Crippen molar-refractivity contribution in [1.82, 2.24) is 5.32 Å². The number of carbonyl (C=O) groups is 2. The van der Waals surface area contributed by atoms with Crippen LogP contribution in [0.1, 0.15) is 12.0 Å². The number of fused-ring (bicyclic) bond motifs is 1. The van der Waals surface area contributed by atoms with Crippen LogP contribution in [0.15, 0.2) is 72.8 Å². The molecule has 0 saturated heterocycles. The summed E-state index contributed by atoms with van der Waals surface area (Å²) in [7, 11) is 0. The molecule has 0 aliphatic rings. The van der Waals surface area contributed by atoms with Gasteiger partial charge in [0, 0.05) is 18.7 Å². The molecule has 2 N–H and O–H groups in total. The predicted octanol–water partition coefficient (Wildman–Crippen LogP) is 3.53. The number of anilines is 1. The minimum absolute atomic E-state index is 0.0790. The number of nitrogens with one attached hydrogen (secondary N) is 2. The average molecular weight is 332 g/mol. The zero-order chi connectivity index (χ0) is 17.5. The van der Waals surface area contributed by atoms with E-state index in [1.807, 2.05) is 72.8 Å². The predicted molar refractivity (Wildman–Crippen MR) is 100 cm³/mol. The molecule has 4 nitrogen and oxygen atoms in total. The minimum Gasteiger partial charge on any atom is -0.355 e. The van der Waals surface area contributed by atoms with Gasteiger partial charge in [-0.2, -0.15) is 0 Å². The van der Waals surface area contributed by atoms with Gasteiger partial charge in [-0.15, -0.1) is 0 Å². The molecule has 0 saturated carbocycles. The molecule has 3 aromatic rings. The van der Waals surface area contributed by atoms with Crippen LogP contribution in [0.5, 0.6) is 0 Å². The Kier molecular flexibility index (Phi) is 5.42. The molecular formula is C21H20N2O2. The summed E-state index contributed by atoms with van der Waals surface area (Å²) in [6.07, 6.45) is 0.570. The van der Waals surface area contributed by atoms with Gasteiger partial charge >= 0.3 is 0 Å². The lowest BCUT2D eigenvalue weighted by Crippen LogP contribution is -2.28. The van der Waals surface area contributed by atoms with Crippen LogP contribution in [0.3, 0.4) is 0 Å². The summed E-state index contributed by atoms with van der Waals surface area (Å²) < 4.78 is 0. The Morgan fingerprint density at radius 3 is 2.28 bits per heavy atom. The van der Waals surface area contributed by atoms with Gasteiger partial charge in [0.1, 0.15) is 0 Å². The highest BCUT2D eigenvalue weighted by Crippen LogP contribution is 2.18. The van der Waals surface area contributed by atoms with Gasteiger partial charge in [-0.3, -0.25) is 9.59 Å². The largest absolute Gasteiger partial charge is 0.355 e. The van der Waals surface area contributed by atoms with Crippen LogP contribution < -0.4 is 10.6 Å². The minimum atomic E-state index is -0.115. The van der Waals surface area contributed by atoms with E-state index in [0.29, 0.717) is 13.0 Å². The molecule has 2 amide bonds. The van der Waals surface area contributed by atoms with Crippen LogP contribution >= 0.6 is 0 Å². The van der Waals surface area contributed by atoms with Crippen molar-refractivity contribution in [2.75, 3.05) is 11.9 Å². The zero-order valence-electron chi connectivity index (χ0n) is 13.9. The fourth-order valence-electron chi connectivity index (χ4n) is 2.65. The van der Waals surface area contributed by atoms with Crippen LogP contribution in [-0.2, 0) is 16.0 Å². The number of benzene rings is 3. The molecule has 3 aromatic carbocycles. The summed E-state index contributed by atoms with van der Waals surface area (Å²) in [5.74, 6) is -0.194. The summed E-state index contributed by atoms with van der Waals surface area (Å²) in [5, 5.41) is 7.86. The SMILES string of the molecule is O=C(Cc1ccccc1)NCCC(=O)Nc1ccc2ccccc2c1. The van der Waals surface area contributed by atoms with E-state index in [1.165, 1.54) is 0 Å². The van der Waals surface area contributed by atoms with Gasteiger partial charge in [0.05, 0.1) is 6.42 Å². The Bertz CT molecular complexity index is 875. The van der Waals surface area contributed by atoms with Crippen molar-refractivity contribution in [2.24, 2.45) is 0 Å². The van der Waals surface area contributed by atoms with Crippen molar-refractivity contribution >= 4 is 28.3 Å². The molecule has 0 aliphatic heterocycles. The highest BCUT2D eigenvalue weighted by Gasteiger charge is 2.06. The molecule has 0 aliphatic carbocycles. The van der Waals surface area contributed by atoms with E-state index in [1.54, 1.807) is 0 Å². The van der Waals surface area contributed by atoms with Crippen molar-refractivity contribution < 1.29 is 9.59 Å². The van der Waals surface area contributed by atoms with E-state index in [2.05, 4.69) is 10.6 Å². The van der Waals surface area contributed by atoms with Gasteiger partial charge in [0.25, 0.3) is 0 Å². The van der Waals surface area contributed by atoms with Crippen LogP contribution in [0.4, 0.5) is 5.69 Å². The molecule has 3 rings (SSSR count). The number of carbonyl (C=O) groups excluding carboxylic acids is 2. The molecule has 0 heterocycles. The summed E-state index contributed by atoms with van der Waals surface area (Å²) in [6, 6.07) is 23.3. The topological polar surface area (TPSA) is 58.2 Å². The third kappa shape index (κ3) is 4.91. The first kappa shape index (κ1) is 16.7. The molecule has 4 heteroatoms. The van der Waals surface area contributed by atoms with Crippen molar-refractivity contribution in [3.63, 3.8) is 0 Å². The van der Waals surface area contributed by atoms with Crippen LogP contribution in [0, 0.1) is 0 Å². The highest BCUT2D eigenvalue weighted by atomic mass is 16.2. The summed E-state index contributed by atoms with van der Waals surface area (Å²) in [5.41, 5.74) is 1.72. The first-order chi connectivity index (χ1) is 12.2. The second-order valence-corrected chi connectivity index (χ2v) is 5.87. The monoisotopic (exact) mass is 332 g/mol. The molecule has 126 valence electrons. The lowest BCUT2D eigenvalue weighted by Gasteiger charge is -2.08. The summed E-state index contributed by atoms with van der Waals surface area (Å²) in [4.78, 5) is 23.9. The van der Waals surface area contributed by atoms with Gasteiger partial charge < -0.3 is 10.6 Å². The van der Waals surface area contributed by atoms with Crippen LogP contribution in [0.2, 0.25) is 0 Å². The lowest BCUT2D eigenvalue weighted by atomic mass is 10.1. The van der Waals surface area contributed by atoms with Crippen molar-refractivity contribution in [3.05, 3.63) is 78.4 Å². The standard InChI is InChI=1S/C21H20N2O2/c24-20(12-13-22-21(25)14-16-6-2-1-3-7-16)23-19-11-10-17-8-4-5-9-18(17)15-19/h1-11,15H,12-14H2,(H,22,25)(H,23,24). The first-order valence-electron chi connectivity index (χ1n) is 8.30. The highest BCUT2D eigenvalue weighted by molar-refractivity contribution is 5.94. The molecule has 0 fully saturated rings. The second-order valence-electron chi connectivity index (χ2n) is 5.87. The van der Waals surface area contributed by atoms with Crippen molar-refractivity contribution in [2.45, 2.75) is 12.8 Å². The number of hydrogen-bond acceptors (Lipinski definition) is 2. The van der Waals surface area contributed by atoms with Crippen molar-refractivity contribution in [3.8, 4) is 0 Å². The number of hydrogen-bond donors (Lipinski definition) is 2. The lowest BCUT2D eigenvalue weighted by molar-refractivity contribution is -0.120. The quantitative estimate of drug-likeness (QED) is 0.725. The van der Waals surface area contributed by atoms with Gasteiger partial charge in [-0.1, -0.05) is 60.7 Å². The van der Waals surface area contributed by atoms with Crippen LogP contribution in [-0.4, -0.2) is 18.4 Å². The van der Waals surface area contributed by atoms with E-state index in [-0.39, 0.29) is 18.2 Å². The molecule has 25 heavy (non-hydrogen) atoms. The second kappa shape index (κ2) is 8.11. The molecule has 0 spiro atoms. The van der Waals surface area contributed by atoms with Gasteiger partial charge in [-0.05, 0) is 28.5 Å². The Labute approximate surface area is 146 Å². The molecule has 0 aromatic heterocycles. The molecule has 0 radical (unpaired) electrons. The fraction of sp³-hybridized carbons (Fsp3) is 0.143. The van der Waals surface area contributed by atoms with Gasteiger partial charge in [0.2, 0.25) is 11.8 Å². The van der Waals surface area contributed by atoms with E-state index >= 15 is 0 Å². The molecule has 0 unspecified atom stereocenters. The van der Waals surface area contributed by atoms with E-state index in [4.69, 9.17) is 0 Å². The van der Waals surface area contributed by atoms with Gasteiger partial charge in [0.15, 0.2) is 0 Å². The third-order valence-corrected chi connectivity index (χ3v) is 3.91. The van der Waals surface area contributed by atoms with E-state index in [9.17, 15) is 9.59 Å². The average Bonchev–Trinajstić information content (AvgIpc) is 2.62. The summed E-state index contributed by atoms with van der Waals surface area (Å²) >= 11 is 0. The van der Waals surface area contributed by atoms with E-state index < -0.39 is 0 Å². The maximum absolute atomic E-state index is 12.0. The van der Waals surface area contributed by atoms with Crippen LogP contribution in [0.25, 0.3) is 10.8 Å². The Hall–Kier alpha value is -3.14. The number of rotatable bonds is 6. The Morgan fingerprint density at radius 2 is 1.48 bits per heavy atom. The first-order valence-corrected chi connectivity index (χ1v) is 8.30. The fourth-order valence-corrected chi connectivity index (χ4v) is 2.65. The summed E-state index contributed by atoms with van der Waals surface area (Å²) in [6.45, 7) is 0.324. The third-order valence-electron chi connectivity index (χ3n) is 3.91. The number of amides is 2.